The number of carbonyl (C=O) groups is 3. The van der Waals surface area contributed by atoms with Crippen molar-refractivity contribution >= 4 is 29.2 Å². The van der Waals surface area contributed by atoms with Crippen molar-refractivity contribution in [2.24, 2.45) is 21.1 Å². The maximum Gasteiger partial charge on any atom is 0.291 e. The zero-order chi connectivity index (χ0) is 25.0. The first-order chi connectivity index (χ1) is 16.0. The summed E-state index contributed by atoms with van der Waals surface area (Å²) in [4.78, 5) is 43.4. The van der Waals surface area contributed by atoms with E-state index < -0.39 is 5.91 Å². The van der Waals surface area contributed by atoms with Crippen LogP contribution in [-0.2, 0) is 21.1 Å². The van der Waals surface area contributed by atoms with Crippen LogP contribution in [0.4, 0.5) is 11.5 Å². The van der Waals surface area contributed by atoms with E-state index in [1.165, 1.54) is 9.47 Å². The molecule has 4 N–H and O–H groups in total. The molecule has 182 valence electrons. The molecule has 0 aromatic carbocycles. The number of hydrogen-bond donors (Lipinski definition) is 4. The van der Waals surface area contributed by atoms with Crippen LogP contribution >= 0.6 is 0 Å². The Balaban J connectivity index is 1.63. The van der Waals surface area contributed by atoms with Crippen molar-refractivity contribution < 1.29 is 19.3 Å². The average Bonchev–Trinajstić information content (AvgIpc) is 3.41. The first-order valence-corrected chi connectivity index (χ1v) is 11.1. The van der Waals surface area contributed by atoms with Crippen molar-refractivity contribution in [3.8, 4) is 0 Å². The molecule has 0 aliphatic carbocycles. The molecule has 34 heavy (non-hydrogen) atoms. The quantitative estimate of drug-likeness (QED) is 0.334. The Labute approximate surface area is 198 Å². The number of aryl methyl sites for hydroxylation is 4. The predicted molar refractivity (Wildman–Crippen MR) is 129 cm³/mol. The number of nitrogens with one attached hydrogen (secondary N) is 4. The van der Waals surface area contributed by atoms with Crippen molar-refractivity contribution in [1.29, 1.82) is 0 Å². The van der Waals surface area contributed by atoms with Crippen LogP contribution < -0.4 is 20.9 Å². The third-order valence-corrected chi connectivity index (χ3v) is 5.33. The molecule has 3 rings (SSSR count). The highest BCUT2D eigenvalue weighted by Gasteiger charge is 2.19. The summed E-state index contributed by atoms with van der Waals surface area (Å²) in [6, 6.07) is 3.39. The third kappa shape index (κ3) is 5.93. The molecule has 3 aromatic rings. The summed E-state index contributed by atoms with van der Waals surface area (Å²) in [5.41, 5.74) is 2.38. The molecular formula is C23H33N8O3+. The number of anilines is 2. The van der Waals surface area contributed by atoms with E-state index in [4.69, 9.17) is 0 Å². The van der Waals surface area contributed by atoms with Crippen LogP contribution in [-0.4, -0.2) is 63.6 Å². The summed E-state index contributed by atoms with van der Waals surface area (Å²) in [6.45, 7) is 3.46. The Bertz CT molecular complexity index is 1200. The van der Waals surface area contributed by atoms with Crippen LogP contribution in [0.3, 0.4) is 0 Å². The lowest BCUT2D eigenvalue weighted by molar-refractivity contribution is -0.858. The zero-order valence-electron chi connectivity index (χ0n) is 20.5. The molecule has 0 fully saturated rings. The van der Waals surface area contributed by atoms with E-state index in [2.05, 4.69) is 35.0 Å². The molecule has 0 spiro atoms. The van der Waals surface area contributed by atoms with Gasteiger partial charge in [-0.3, -0.25) is 14.4 Å². The van der Waals surface area contributed by atoms with Crippen molar-refractivity contribution in [2.75, 3.05) is 37.8 Å². The first-order valence-electron chi connectivity index (χ1n) is 11.1. The van der Waals surface area contributed by atoms with E-state index in [1.54, 1.807) is 54.8 Å². The van der Waals surface area contributed by atoms with Gasteiger partial charge >= 0.3 is 0 Å². The second-order valence-electron chi connectivity index (χ2n) is 8.77. The fourth-order valence-corrected chi connectivity index (χ4v) is 3.65. The van der Waals surface area contributed by atoms with E-state index in [-0.39, 0.29) is 23.5 Å². The number of rotatable bonds is 9. The Morgan fingerprint density at radius 2 is 1.56 bits per heavy atom. The van der Waals surface area contributed by atoms with E-state index in [9.17, 15) is 14.4 Å². The molecule has 0 aliphatic heterocycles. The number of aromatic nitrogens is 4. The Morgan fingerprint density at radius 3 is 2.21 bits per heavy atom. The van der Waals surface area contributed by atoms with Gasteiger partial charge in [-0.2, -0.15) is 0 Å². The van der Waals surface area contributed by atoms with Gasteiger partial charge < -0.3 is 34.6 Å². The topological polar surface area (TPSA) is 119 Å². The molecule has 3 heterocycles. The lowest BCUT2D eigenvalue weighted by Crippen LogP contribution is -3.05. The highest BCUT2D eigenvalue weighted by Crippen LogP contribution is 2.16. The number of hydrogen-bond acceptors (Lipinski definition) is 4. The lowest BCUT2D eigenvalue weighted by Gasteiger charge is -2.08. The van der Waals surface area contributed by atoms with Crippen LogP contribution in [0.1, 0.15) is 43.6 Å². The number of quaternary nitrogens is 1. The van der Waals surface area contributed by atoms with Gasteiger partial charge in [0.15, 0.2) is 5.82 Å². The van der Waals surface area contributed by atoms with Crippen molar-refractivity contribution in [3.63, 3.8) is 0 Å². The van der Waals surface area contributed by atoms with Gasteiger partial charge in [-0.15, -0.1) is 0 Å². The van der Waals surface area contributed by atoms with Gasteiger partial charge in [-0.05, 0) is 24.6 Å². The number of imidazole rings is 1. The molecule has 0 bridgehead atoms. The van der Waals surface area contributed by atoms with Gasteiger partial charge in [0, 0.05) is 52.7 Å². The summed E-state index contributed by atoms with van der Waals surface area (Å²) in [5.74, 6) is -0.575. The SMILES string of the molecule is Cc1cc(C(=O)Nc2cn(C)c(C(=O)Nc3cc(C(=O)NCCC[NH+](C)C)n(C)c3)n2)n(C)c1. The second kappa shape index (κ2) is 10.4. The van der Waals surface area contributed by atoms with E-state index in [0.717, 1.165) is 18.5 Å². The molecule has 0 atom stereocenters. The van der Waals surface area contributed by atoms with Crippen molar-refractivity contribution in [2.45, 2.75) is 13.3 Å². The van der Waals surface area contributed by atoms with Gasteiger partial charge in [0.25, 0.3) is 17.7 Å². The number of nitrogens with zero attached hydrogens (tertiary/aromatic N) is 4. The highest BCUT2D eigenvalue weighted by atomic mass is 16.2. The first kappa shape index (κ1) is 24.8. The van der Waals surface area contributed by atoms with Gasteiger partial charge in [0.2, 0.25) is 5.82 Å². The van der Waals surface area contributed by atoms with Crippen LogP contribution in [0, 0.1) is 6.92 Å². The van der Waals surface area contributed by atoms with Crippen LogP contribution in [0.5, 0.6) is 0 Å². The number of amides is 3. The molecule has 11 nitrogen and oxygen atoms in total. The molecule has 11 heteroatoms. The molecular weight excluding hydrogens is 436 g/mol. The van der Waals surface area contributed by atoms with Crippen LogP contribution in [0.25, 0.3) is 0 Å². The van der Waals surface area contributed by atoms with Gasteiger partial charge in [0.1, 0.15) is 11.4 Å². The van der Waals surface area contributed by atoms with Crippen LogP contribution in [0.2, 0.25) is 0 Å². The Hall–Kier alpha value is -3.86. The normalized spacial score (nSPS) is 11.0. The molecule has 0 aliphatic rings. The largest absolute Gasteiger partial charge is 0.351 e. The van der Waals surface area contributed by atoms with E-state index >= 15 is 0 Å². The number of carbonyl (C=O) groups excluding carboxylic acids is 3. The Morgan fingerprint density at radius 1 is 0.882 bits per heavy atom. The molecule has 0 radical (unpaired) electrons. The minimum absolute atomic E-state index is 0.124. The summed E-state index contributed by atoms with van der Waals surface area (Å²) in [7, 11) is 9.34. The maximum atomic E-state index is 12.8. The van der Waals surface area contributed by atoms with Gasteiger partial charge in [-0.1, -0.05) is 0 Å². The summed E-state index contributed by atoms with van der Waals surface area (Å²) < 4.78 is 4.92. The standard InChI is InChI=1S/C23H32N8O3/c1-15-10-17(29(4)12-15)22(33)27-19-14-31(6)20(26-19)23(34)25-16-11-18(30(5)13-16)21(32)24-8-7-9-28(2)3/h10-14H,7-9H2,1-6H3,(H,24,32)(H,25,34)(H,27,33)/p+1. The van der Waals surface area contributed by atoms with Gasteiger partial charge in [-0.25, -0.2) is 4.98 Å². The van der Waals surface area contributed by atoms with Gasteiger partial charge in [0.05, 0.1) is 26.3 Å². The zero-order valence-corrected chi connectivity index (χ0v) is 20.5. The molecule has 0 saturated heterocycles. The van der Waals surface area contributed by atoms with E-state index in [1.807, 2.05) is 13.1 Å². The summed E-state index contributed by atoms with van der Waals surface area (Å²) in [5, 5.41) is 8.39. The summed E-state index contributed by atoms with van der Waals surface area (Å²) in [6.07, 6.45) is 5.97. The Kier molecular flexibility index (Phi) is 7.57. The lowest BCUT2D eigenvalue weighted by atomic mass is 10.3. The fourth-order valence-electron chi connectivity index (χ4n) is 3.65. The average molecular weight is 470 g/mol. The second-order valence-corrected chi connectivity index (χ2v) is 8.77. The fraction of sp³-hybridized carbons (Fsp3) is 0.391. The molecule has 3 amide bonds. The van der Waals surface area contributed by atoms with Crippen LogP contribution in [0.15, 0.2) is 30.7 Å². The maximum absolute atomic E-state index is 12.8. The molecule has 3 aromatic heterocycles. The third-order valence-electron chi connectivity index (χ3n) is 5.33. The predicted octanol–water partition coefficient (Wildman–Crippen LogP) is 0.175. The smallest absolute Gasteiger partial charge is 0.291 e. The minimum Gasteiger partial charge on any atom is -0.351 e. The summed E-state index contributed by atoms with van der Waals surface area (Å²) >= 11 is 0. The van der Waals surface area contributed by atoms with Crippen molar-refractivity contribution in [1.82, 2.24) is 24.0 Å². The molecule has 0 unspecified atom stereocenters. The monoisotopic (exact) mass is 469 g/mol. The van der Waals surface area contributed by atoms with E-state index in [0.29, 0.717) is 23.6 Å². The molecule has 0 saturated carbocycles. The van der Waals surface area contributed by atoms with Crippen molar-refractivity contribution in [3.05, 3.63) is 53.5 Å². The minimum atomic E-state index is -0.454. The highest BCUT2D eigenvalue weighted by molar-refractivity contribution is 6.05.